The quantitative estimate of drug-likeness (QED) is 0.332. The summed E-state index contributed by atoms with van der Waals surface area (Å²) in [4.78, 5) is 24.6. The van der Waals surface area contributed by atoms with Crippen LogP contribution in [0.1, 0.15) is 40.7 Å². The van der Waals surface area contributed by atoms with Gasteiger partial charge in [-0.05, 0) is 38.5 Å². The third kappa shape index (κ3) is 5.23. The molecule has 0 spiro atoms. The molecule has 0 aliphatic heterocycles. The summed E-state index contributed by atoms with van der Waals surface area (Å²) in [6.45, 7) is 6.48. The summed E-state index contributed by atoms with van der Waals surface area (Å²) >= 11 is 0. The van der Waals surface area contributed by atoms with Crippen molar-refractivity contribution >= 4 is 17.8 Å². The van der Waals surface area contributed by atoms with Crippen LogP contribution in [0.25, 0.3) is 6.08 Å². The average molecular weight is 415 g/mol. The van der Waals surface area contributed by atoms with E-state index in [2.05, 4.69) is 11.5 Å². The monoisotopic (exact) mass is 415 g/mol. The number of aromatic nitrogens is 1. The molecule has 30 heavy (non-hydrogen) atoms. The van der Waals surface area contributed by atoms with Crippen LogP contribution in [-0.2, 0) is 16.1 Å². The fourth-order valence-corrected chi connectivity index (χ4v) is 3.25. The van der Waals surface area contributed by atoms with Gasteiger partial charge in [0.25, 0.3) is 0 Å². The number of methoxy groups -OCH3 is 3. The first-order valence-electron chi connectivity index (χ1n) is 9.71. The van der Waals surface area contributed by atoms with Crippen molar-refractivity contribution in [3.05, 3.63) is 46.8 Å². The number of carbonyl (C=O) groups is 2. The smallest absolute Gasteiger partial charge is 0.331 e. The van der Waals surface area contributed by atoms with Crippen LogP contribution >= 0.6 is 0 Å². The van der Waals surface area contributed by atoms with E-state index in [0.29, 0.717) is 28.4 Å². The highest BCUT2D eigenvalue weighted by molar-refractivity contribution is 6.00. The molecular formula is C23H29NO6. The summed E-state index contributed by atoms with van der Waals surface area (Å²) in [6.07, 6.45) is 3.77. The Hall–Kier alpha value is -3.22. The van der Waals surface area contributed by atoms with Crippen molar-refractivity contribution in [2.45, 2.75) is 33.7 Å². The Morgan fingerprint density at radius 2 is 1.60 bits per heavy atom. The van der Waals surface area contributed by atoms with Gasteiger partial charge < -0.3 is 23.5 Å². The topological polar surface area (TPSA) is 76.0 Å². The minimum atomic E-state index is -0.623. The standard InChI is InChI=1S/C23H29NO6/c1-7-10-24-15(2)11-18(16(24)3)19(25)14-30-23(26)9-8-17-12-21(28-5)22(29-6)13-20(17)27-4/h8-9,11-13H,7,10,14H2,1-6H3/b9-8+. The molecule has 0 aliphatic carbocycles. The lowest BCUT2D eigenvalue weighted by molar-refractivity contribution is -0.136. The van der Waals surface area contributed by atoms with Crippen LogP contribution in [0.2, 0.25) is 0 Å². The summed E-state index contributed by atoms with van der Waals surface area (Å²) < 4.78 is 23.1. The van der Waals surface area contributed by atoms with Crippen molar-refractivity contribution in [3.63, 3.8) is 0 Å². The summed E-state index contributed by atoms with van der Waals surface area (Å²) in [5, 5.41) is 0. The van der Waals surface area contributed by atoms with Crippen LogP contribution in [0.3, 0.4) is 0 Å². The molecule has 0 aliphatic rings. The first-order valence-corrected chi connectivity index (χ1v) is 9.71. The van der Waals surface area contributed by atoms with Crippen LogP contribution in [0.15, 0.2) is 24.3 Å². The van der Waals surface area contributed by atoms with Crippen molar-refractivity contribution in [1.29, 1.82) is 0 Å². The van der Waals surface area contributed by atoms with Crippen molar-refractivity contribution in [2.24, 2.45) is 0 Å². The number of aryl methyl sites for hydroxylation is 1. The predicted octanol–water partition coefficient (Wildman–Crippen LogP) is 3.98. The zero-order valence-electron chi connectivity index (χ0n) is 18.4. The Kier molecular flexibility index (Phi) is 8.09. The molecule has 0 amide bonds. The molecule has 0 fully saturated rings. The van der Waals surface area contributed by atoms with Gasteiger partial charge in [-0.3, -0.25) is 4.79 Å². The molecule has 0 saturated carbocycles. The van der Waals surface area contributed by atoms with Crippen molar-refractivity contribution < 1.29 is 28.5 Å². The van der Waals surface area contributed by atoms with E-state index in [-0.39, 0.29) is 12.4 Å². The van der Waals surface area contributed by atoms with E-state index < -0.39 is 5.97 Å². The van der Waals surface area contributed by atoms with Gasteiger partial charge in [-0.15, -0.1) is 0 Å². The molecule has 7 heteroatoms. The molecule has 2 aromatic rings. The Bertz CT molecular complexity index is 942. The van der Waals surface area contributed by atoms with Gasteiger partial charge >= 0.3 is 5.97 Å². The minimum absolute atomic E-state index is 0.226. The van der Waals surface area contributed by atoms with Gasteiger partial charge in [0.05, 0.1) is 21.3 Å². The zero-order chi connectivity index (χ0) is 22.3. The van der Waals surface area contributed by atoms with Gasteiger partial charge in [0.2, 0.25) is 5.78 Å². The lowest BCUT2D eigenvalue weighted by Gasteiger charge is -2.12. The fourth-order valence-electron chi connectivity index (χ4n) is 3.25. The number of ether oxygens (including phenoxy) is 4. The summed E-state index contributed by atoms with van der Waals surface area (Å²) in [7, 11) is 4.57. The molecule has 7 nitrogen and oxygen atoms in total. The number of ketones is 1. The second-order valence-corrected chi connectivity index (χ2v) is 6.75. The molecule has 0 bridgehead atoms. The Labute approximate surface area is 177 Å². The number of hydrogen-bond donors (Lipinski definition) is 0. The lowest BCUT2D eigenvalue weighted by atomic mass is 10.1. The number of esters is 1. The maximum absolute atomic E-state index is 12.5. The van der Waals surface area contributed by atoms with Crippen LogP contribution in [0.5, 0.6) is 17.2 Å². The van der Waals surface area contributed by atoms with Gasteiger partial charge in [0.15, 0.2) is 18.1 Å². The second kappa shape index (κ2) is 10.5. The molecule has 1 aromatic heterocycles. The molecule has 0 unspecified atom stereocenters. The molecule has 0 radical (unpaired) electrons. The molecule has 1 aromatic carbocycles. The maximum Gasteiger partial charge on any atom is 0.331 e. The number of nitrogens with zero attached hydrogens (tertiary/aromatic N) is 1. The first-order chi connectivity index (χ1) is 14.4. The van der Waals surface area contributed by atoms with Gasteiger partial charge in [-0.2, -0.15) is 0 Å². The Balaban J connectivity index is 2.07. The molecule has 1 heterocycles. The van der Waals surface area contributed by atoms with Gasteiger partial charge in [-0.25, -0.2) is 4.79 Å². The van der Waals surface area contributed by atoms with Gasteiger partial charge in [0.1, 0.15) is 5.75 Å². The predicted molar refractivity (Wildman–Crippen MR) is 115 cm³/mol. The maximum atomic E-state index is 12.5. The lowest BCUT2D eigenvalue weighted by Crippen LogP contribution is -2.13. The SMILES string of the molecule is CCCn1c(C)cc(C(=O)COC(=O)/C=C/c2cc(OC)c(OC)cc2OC)c1C. The van der Waals surface area contributed by atoms with Gasteiger partial charge in [0, 0.05) is 41.2 Å². The minimum Gasteiger partial charge on any atom is -0.496 e. The summed E-state index contributed by atoms with van der Waals surface area (Å²) in [5.74, 6) is 0.680. The van der Waals surface area contributed by atoms with E-state index in [0.717, 1.165) is 24.4 Å². The zero-order valence-corrected chi connectivity index (χ0v) is 18.4. The highest BCUT2D eigenvalue weighted by Crippen LogP contribution is 2.35. The first kappa shape index (κ1) is 23.1. The molecule has 0 atom stereocenters. The fraction of sp³-hybridized carbons (Fsp3) is 0.391. The average Bonchev–Trinajstić information content (AvgIpc) is 3.03. The summed E-state index contributed by atoms with van der Waals surface area (Å²) in [5.41, 5.74) is 3.10. The highest BCUT2D eigenvalue weighted by Gasteiger charge is 2.17. The van der Waals surface area contributed by atoms with E-state index in [9.17, 15) is 9.59 Å². The van der Waals surface area contributed by atoms with E-state index in [1.165, 1.54) is 27.4 Å². The number of benzene rings is 1. The largest absolute Gasteiger partial charge is 0.496 e. The Morgan fingerprint density at radius 1 is 0.967 bits per heavy atom. The summed E-state index contributed by atoms with van der Waals surface area (Å²) in [6, 6.07) is 5.19. The second-order valence-electron chi connectivity index (χ2n) is 6.75. The van der Waals surface area contributed by atoms with Crippen LogP contribution in [0.4, 0.5) is 0 Å². The molecular weight excluding hydrogens is 386 g/mol. The highest BCUT2D eigenvalue weighted by atomic mass is 16.5. The van der Waals surface area contributed by atoms with Crippen LogP contribution in [-0.4, -0.2) is 44.3 Å². The molecule has 162 valence electrons. The van der Waals surface area contributed by atoms with Crippen molar-refractivity contribution in [1.82, 2.24) is 4.57 Å². The molecule has 2 rings (SSSR count). The number of rotatable bonds is 10. The van der Waals surface area contributed by atoms with Gasteiger partial charge in [-0.1, -0.05) is 6.92 Å². The van der Waals surface area contributed by atoms with Crippen molar-refractivity contribution in [3.8, 4) is 17.2 Å². The van der Waals surface area contributed by atoms with Crippen molar-refractivity contribution in [2.75, 3.05) is 27.9 Å². The molecule has 0 N–H and O–H groups in total. The van der Waals surface area contributed by atoms with E-state index in [4.69, 9.17) is 18.9 Å². The third-order valence-corrected chi connectivity index (χ3v) is 4.80. The number of hydrogen-bond acceptors (Lipinski definition) is 6. The number of Topliss-reactive ketones (excluding diaryl/α,β-unsaturated/α-hetero) is 1. The van der Waals surface area contributed by atoms with E-state index in [1.807, 2.05) is 19.9 Å². The van der Waals surface area contributed by atoms with E-state index in [1.54, 1.807) is 18.2 Å². The van der Waals surface area contributed by atoms with Crippen LogP contribution < -0.4 is 14.2 Å². The number of carbonyl (C=O) groups excluding carboxylic acids is 2. The molecule has 0 saturated heterocycles. The Morgan fingerprint density at radius 3 is 2.20 bits per heavy atom. The normalized spacial score (nSPS) is 10.9. The third-order valence-electron chi connectivity index (χ3n) is 4.80. The van der Waals surface area contributed by atoms with E-state index >= 15 is 0 Å². The van der Waals surface area contributed by atoms with Crippen LogP contribution in [0, 0.1) is 13.8 Å².